The molecule has 2 aliphatic rings. The molecule has 0 amide bonds. The molecule has 0 heterocycles. The van der Waals surface area contributed by atoms with Crippen molar-refractivity contribution in [2.24, 2.45) is 40.4 Å². The van der Waals surface area contributed by atoms with Crippen LogP contribution in [0.2, 0.25) is 0 Å². The molecule has 20 heavy (non-hydrogen) atoms. The molecule has 0 N–H and O–H groups in total. The van der Waals surface area contributed by atoms with E-state index < -0.39 is 0 Å². The Morgan fingerprint density at radius 2 is 1.75 bits per heavy atom. The Labute approximate surface area is 128 Å². The van der Waals surface area contributed by atoms with Gasteiger partial charge in [-0.1, -0.05) is 74.1 Å². The molecule has 0 aromatic rings. The Morgan fingerprint density at radius 3 is 2.15 bits per heavy atom. The van der Waals surface area contributed by atoms with E-state index >= 15 is 0 Å². The summed E-state index contributed by atoms with van der Waals surface area (Å²) in [5.74, 6) is 4.91. The second-order valence-electron chi connectivity index (χ2n) is 8.79. The molecule has 0 bridgehead atoms. The van der Waals surface area contributed by atoms with Crippen LogP contribution in [0.1, 0.15) is 87.0 Å². The van der Waals surface area contributed by atoms with E-state index in [2.05, 4.69) is 48.5 Å². The summed E-state index contributed by atoms with van der Waals surface area (Å²) in [7, 11) is 0. The second kappa shape index (κ2) is 5.65. The van der Waals surface area contributed by atoms with Gasteiger partial charge in [-0.25, -0.2) is 0 Å². The molecule has 0 aromatic carbocycles. The minimum Gasteiger partial charge on any atom is -0.0654 e. The zero-order valence-electron chi connectivity index (χ0n) is 15.1. The van der Waals surface area contributed by atoms with E-state index in [-0.39, 0.29) is 0 Å². The van der Waals surface area contributed by atoms with Crippen LogP contribution < -0.4 is 0 Å². The van der Waals surface area contributed by atoms with Crippen LogP contribution in [-0.4, -0.2) is 0 Å². The zero-order chi connectivity index (χ0) is 15.1. The molecule has 0 aromatic heterocycles. The van der Waals surface area contributed by atoms with Crippen LogP contribution in [-0.2, 0) is 0 Å². The Balaban J connectivity index is 2.04. The van der Waals surface area contributed by atoms with Crippen molar-refractivity contribution < 1.29 is 0 Å². The Morgan fingerprint density at radius 1 is 1.10 bits per heavy atom. The van der Waals surface area contributed by atoms with Crippen LogP contribution in [0.5, 0.6) is 0 Å². The van der Waals surface area contributed by atoms with Gasteiger partial charge in [0, 0.05) is 0 Å². The fourth-order valence-electron chi connectivity index (χ4n) is 5.64. The van der Waals surface area contributed by atoms with E-state index in [9.17, 15) is 0 Å². The van der Waals surface area contributed by atoms with Gasteiger partial charge in [0.1, 0.15) is 0 Å². The smallest absolute Gasteiger partial charge is 0.0258 e. The Bertz CT molecular complexity index is 331. The molecule has 2 fully saturated rings. The monoisotopic (exact) mass is 278 g/mol. The molecule has 0 aliphatic heterocycles. The molecule has 6 atom stereocenters. The summed E-state index contributed by atoms with van der Waals surface area (Å²) in [5.41, 5.74) is 1.37. The molecule has 0 saturated heterocycles. The SMILES string of the molecule is CCCC(CC1C(C2(C)CC2CC)C1(C)CC)C(C)C. The number of hydrogen-bond donors (Lipinski definition) is 0. The van der Waals surface area contributed by atoms with Gasteiger partial charge in [-0.3, -0.25) is 0 Å². The minimum atomic E-state index is 0.666. The maximum absolute atomic E-state index is 2.60. The van der Waals surface area contributed by atoms with Crippen molar-refractivity contribution in [3.8, 4) is 0 Å². The van der Waals surface area contributed by atoms with Gasteiger partial charge in [0.15, 0.2) is 0 Å². The summed E-state index contributed by atoms with van der Waals surface area (Å²) >= 11 is 0. The highest BCUT2D eigenvalue weighted by Crippen LogP contribution is 2.78. The highest BCUT2D eigenvalue weighted by atomic mass is 14.8. The lowest BCUT2D eigenvalue weighted by atomic mass is 9.84. The maximum Gasteiger partial charge on any atom is -0.0258 e. The highest BCUT2D eigenvalue weighted by molar-refractivity contribution is 5.20. The fraction of sp³-hybridized carbons (Fsp3) is 1.00. The van der Waals surface area contributed by atoms with E-state index in [0.29, 0.717) is 10.8 Å². The van der Waals surface area contributed by atoms with Gasteiger partial charge in [-0.2, -0.15) is 0 Å². The van der Waals surface area contributed by atoms with Crippen LogP contribution in [0.3, 0.4) is 0 Å². The summed E-state index contributed by atoms with van der Waals surface area (Å²) in [6, 6.07) is 0. The second-order valence-corrected chi connectivity index (χ2v) is 8.79. The van der Waals surface area contributed by atoms with Crippen LogP contribution in [0.15, 0.2) is 0 Å². The molecule has 0 nitrogen and oxygen atoms in total. The van der Waals surface area contributed by atoms with Crippen LogP contribution in [0.25, 0.3) is 0 Å². The predicted molar refractivity (Wildman–Crippen MR) is 89.7 cm³/mol. The first-order chi connectivity index (χ1) is 9.35. The van der Waals surface area contributed by atoms with E-state index in [1.165, 1.54) is 38.5 Å². The largest absolute Gasteiger partial charge is 0.0654 e. The standard InChI is InChI=1S/C20H38/c1-8-11-15(14(4)5)12-17-18(19(17,6)10-3)20(7)13-16(20)9-2/h14-18H,8-13H2,1-7H3. The van der Waals surface area contributed by atoms with Crippen molar-refractivity contribution in [2.45, 2.75) is 87.0 Å². The minimum absolute atomic E-state index is 0.666. The van der Waals surface area contributed by atoms with Crippen molar-refractivity contribution in [3.63, 3.8) is 0 Å². The molecule has 0 spiro atoms. The average Bonchev–Trinajstić information content (AvgIpc) is 3.24. The number of rotatable bonds is 8. The molecule has 6 unspecified atom stereocenters. The first-order valence-corrected chi connectivity index (χ1v) is 9.35. The molecule has 0 heteroatoms. The van der Waals surface area contributed by atoms with Gasteiger partial charge in [-0.05, 0) is 53.3 Å². The molecular formula is C20H38. The molecule has 2 saturated carbocycles. The molecule has 0 radical (unpaired) electrons. The summed E-state index contributed by atoms with van der Waals surface area (Å²) < 4.78 is 0. The van der Waals surface area contributed by atoms with Crippen molar-refractivity contribution >= 4 is 0 Å². The first-order valence-electron chi connectivity index (χ1n) is 9.35. The summed E-state index contributed by atoms with van der Waals surface area (Å²) in [6.07, 6.45) is 8.62. The topological polar surface area (TPSA) is 0 Å². The van der Waals surface area contributed by atoms with Crippen LogP contribution in [0, 0.1) is 40.4 Å². The molecule has 118 valence electrons. The highest BCUT2D eigenvalue weighted by Gasteiger charge is 2.72. The van der Waals surface area contributed by atoms with Gasteiger partial charge in [0.25, 0.3) is 0 Å². The van der Waals surface area contributed by atoms with Gasteiger partial charge >= 0.3 is 0 Å². The van der Waals surface area contributed by atoms with E-state index in [1.54, 1.807) is 0 Å². The quantitative estimate of drug-likeness (QED) is 0.472. The Hall–Kier alpha value is 0. The summed E-state index contributed by atoms with van der Waals surface area (Å²) in [4.78, 5) is 0. The average molecular weight is 279 g/mol. The van der Waals surface area contributed by atoms with Crippen molar-refractivity contribution in [1.29, 1.82) is 0 Å². The van der Waals surface area contributed by atoms with Gasteiger partial charge in [-0.15, -0.1) is 0 Å². The molecule has 2 rings (SSSR count). The zero-order valence-corrected chi connectivity index (χ0v) is 15.1. The molecule has 2 aliphatic carbocycles. The third kappa shape index (κ3) is 2.57. The van der Waals surface area contributed by atoms with Crippen LogP contribution in [0.4, 0.5) is 0 Å². The summed E-state index contributed by atoms with van der Waals surface area (Å²) in [6.45, 7) is 17.3. The lowest BCUT2D eigenvalue weighted by molar-refractivity contribution is 0.292. The van der Waals surface area contributed by atoms with Crippen molar-refractivity contribution in [1.82, 2.24) is 0 Å². The Kier molecular flexibility index (Phi) is 4.63. The van der Waals surface area contributed by atoms with E-state index in [4.69, 9.17) is 0 Å². The maximum atomic E-state index is 2.60. The van der Waals surface area contributed by atoms with E-state index in [0.717, 1.165) is 29.6 Å². The lowest BCUT2D eigenvalue weighted by Crippen LogP contribution is -2.11. The van der Waals surface area contributed by atoms with Crippen LogP contribution >= 0.6 is 0 Å². The first kappa shape index (κ1) is 16.4. The van der Waals surface area contributed by atoms with Gasteiger partial charge in [0.05, 0.1) is 0 Å². The van der Waals surface area contributed by atoms with Crippen molar-refractivity contribution in [3.05, 3.63) is 0 Å². The lowest BCUT2D eigenvalue weighted by Gasteiger charge is -2.21. The van der Waals surface area contributed by atoms with E-state index in [1.807, 2.05) is 0 Å². The van der Waals surface area contributed by atoms with Gasteiger partial charge < -0.3 is 0 Å². The molecular weight excluding hydrogens is 240 g/mol. The third-order valence-corrected chi connectivity index (χ3v) is 7.43. The third-order valence-electron chi connectivity index (χ3n) is 7.43. The summed E-state index contributed by atoms with van der Waals surface area (Å²) in [5, 5.41) is 0. The number of hydrogen-bond acceptors (Lipinski definition) is 0. The normalized spacial score (nSPS) is 44.7. The van der Waals surface area contributed by atoms with Crippen molar-refractivity contribution in [2.75, 3.05) is 0 Å². The predicted octanol–water partition coefficient (Wildman–Crippen LogP) is 6.55. The van der Waals surface area contributed by atoms with Gasteiger partial charge in [0.2, 0.25) is 0 Å². The fourth-order valence-corrected chi connectivity index (χ4v) is 5.64.